The number of aromatic nitrogens is 3. The Kier molecular flexibility index (Phi) is 3.00. The number of benzene rings is 1. The van der Waals surface area contributed by atoms with E-state index in [1.165, 1.54) is 0 Å². The molecule has 6 heteroatoms. The van der Waals surface area contributed by atoms with Gasteiger partial charge in [0.1, 0.15) is 0 Å². The van der Waals surface area contributed by atoms with Gasteiger partial charge in [-0.05, 0) is 18.1 Å². The Morgan fingerprint density at radius 3 is 2.74 bits per heavy atom. The molecule has 1 fully saturated rings. The van der Waals surface area contributed by atoms with E-state index in [2.05, 4.69) is 15.5 Å². The minimum Gasteiger partial charge on any atom is -0.481 e. The molecule has 2 heterocycles. The zero-order chi connectivity index (χ0) is 13.2. The molecule has 0 bridgehead atoms. The van der Waals surface area contributed by atoms with Gasteiger partial charge in [0.2, 0.25) is 0 Å². The summed E-state index contributed by atoms with van der Waals surface area (Å²) in [6, 6.07) is 7.82. The predicted octanol–water partition coefficient (Wildman–Crippen LogP) is 1.00. The van der Waals surface area contributed by atoms with E-state index in [1.54, 1.807) is 17.2 Å². The van der Waals surface area contributed by atoms with E-state index in [9.17, 15) is 4.79 Å². The number of aliphatic carboxylic acids is 1. The molecule has 2 N–H and O–H groups in total. The maximum atomic E-state index is 11.0. The van der Waals surface area contributed by atoms with Crippen LogP contribution in [0.15, 0.2) is 36.7 Å². The molecule has 98 valence electrons. The fourth-order valence-corrected chi connectivity index (χ4v) is 2.47. The molecular formula is C13H14N4O2. The van der Waals surface area contributed by atoms with Crippen LogP contribution in [-0.4, -0.2) is 32.6 Å². The van der Waals surface area contributed by atoms with Crippen LogP contribution in [0.4, 0.5) is 0 Å². The maximum Gasteiger partial charge on any atom is 0.307 e. The molecule has 2 atom stereocenters. The fraction of sp³-hybridized carbons (Fsp3) is 0.308. The van der Waals surface area contributed by atoms with E-state index in [0.29, 0.717) is 13.0 Å². The van der Waals surface area contributed by atoms with Crippen molar-refractivity contribution in [2.24, 2.45) is 5.92 Å². The Labute approximate surface area is 110 Å². The van der Waals surface area contributed by atoms with E-state index in [1.807, 2.05) is 24.3 Å². The number of carbonyl (C=O) groups is 1. The summed E-state index contributed by atoms with van der Waals surface area (Å²) in [5, 5.41) is 20.6. The maximum absolute atomic E-state index is 11.0. The first-order chi connectivity index (χ1) is 9.25. The number of nitrogens with zero attached hydrogens (tertiary/aromatic N) is 3. The van der Waals surface area contributed by atoms with Gasteiger partial charge >= 0.3 is 5.97 Å². The zero-order valence-corrected chi connectivity index (χ0v) is 10.2. The minimum absolute atomic E-state index is 0.0308. The van der Waals surface area contributed by atoms with Crippen molar-refractivity contribution in [3.63, 3.8) is 0 Å². The van der Waals surface area contributed by atoms with Gasteiger partial charge in [-0.25, -0.2) is 0 Å². The molecule has 1 aromatic heterocycles. The summed E-state index contributed by atoms with van der Waals surface area (Å²) in [5.41, 5.74) is 1.92. The monoisotopic (exact) mass is 258 g/mol. The second-order valence-electron chi connectivity index (χ2n) is 4.61. The standard InChI is InChI=1S/C13H14N4O2/c18-13(19)9-7-11(14-8-9)10-3-1-2-4-12(10)17-15-5-6-16-17/h1-6,9,11,14H,7-8H2,(H,18,19). The number of hydrogen-bond donors (Lipinski definition) is 2. The van der Waals surface area contributed by atoms with Crippen LogP contribution >= 0.6 is 0 Å². The van der Waals surface area contributed by atoms with E-state index in [0.717, 1.165) is 11.3 Å². The summed E-state index contributed by atoms with van der Waals surface area (Å²) in [4.78, 5) is 12.6. The molecule has 2 unspecified atom stereocenters. The molecule has 3 rings (SSSR count). The highest BCUT2D eigenvalue weighted by Crippen LogP contribution is 2.30. The van der Waals surface area contributed by atoms with E-state index >= 15 is 0 Å². The number of carboxylic acids is 1. The number of nitrogens with one attached hydrogen (secondary N) is 1. The first-order valence-electron chi connectivity index (χ1n) is 6.17. The average molecular weight is 258 g/mol. The van der Waals surface area contributed by atoms with Gasteiger partial charge in [-0.1, -0.05) is 18.2 Å². The molecule has 2 aromatic rings. The van der Waals surface area contributed by atoms with Gasteiger partial charge in [-0.15, -0.1) is 0 Å². The molecule has 0 radical (unpaired) electrons. The third kappa shape index (κ3) is 2.22. The van der Waals surface area contributed by atoms with Gasteiger partial charge in [0.05, 0.1) is 24.0 Å². The van der Waals surface area contributed by atoms with Crippen LogP contribution < -0.4 is 5.32 Å². The third-order valence-corrected chi connectivity index (χ3v) is 3.43. The number of para-hydroxylation sites is 1. The highest BCUT2D eigenvalue weighted by molar-refractivity contribution is 5.71. The Hall–Kier alpha value is -2.21. The second kappa shape index (κ2) is 4.81. The zero-order valence-electron chi connectivity index (χ0n) is 10.2. The molecule has 1 aromatic carbocycles. The number of carboxylic acid groups (broad SMARTS) is 1. The van der Waals surface area contributed by atoms with Crippen LogP contribution in [0, 0.1) is 5.92 Å². The lowest BCUT2D eigenvalue weighted by Crippen LogP contribution is -2.18. The smallest absolute Gasteiger partial charge is 0.307 e. The van der Waals surface area contributed by atoms with Crippen molar-refractivity contribution in [3.05, 3.63) is 42.2 Å². The Balaban J connectivity index is 1.92. The van der Waals surface area contributed by atoms with Crippen molar-refractivity contribution in [2.45, 2.75) is 12.5 Å². The van der Waals surface area contributed by atoms with Crippen LogP contribution in [0.5, 0.6) is 0 Å². The lowest BCUT2D eigenvalue weighted by atomic mass is 9.99. The largest absolute Gasteiger partial charge is 0.481 e. The molecule has 0 amide bonds. The van der Waals surface area contributed by atoms with Gasteiger partial charge in [0, 0.05) is 12.6 Å². The van der Waals surface area contributed by atoms with Crippen molar-refractivity contribution < 1.29 is 9.90 Å². The first kappa shape index (κ1) is 11.9. The summed E-state index contributed by atoms with van der Waals surface area (Å²) in [5.74, 6) is -1.08. The molecule has 0 spiro atoms. The van der Waals surface area contributed by atoms with Crippen LogP contribution in [0.1, 0.15) is 18.0 Å². The van der Waals surface area contributed by atoms with Gasteiger partial charge in [-0.2, -0.15) is 15.0 Å². The second-order valence-corrected chi connectivity index (χ2v) is 4.61. The van der Waals surface area contributed by atoms with E-state index in [-0.39, 0.29) is 12.0 Å². The summed E-state index contributed by atoms with van der Waals surface area (Å²) in [6.45, 7) is 0.501. The molecule has 0 saturated carbocycles. The normalized spacial score (nSPS) is 22.5. The lowest BCUT2D eigenvalue weighted by Gasteiger charge is -2.14. The summed E-state index contributed by atoms with van der Waals surface area (Å²) in [7, 11) is 0. The molecule has 6 nitrogen and oxygen atoms in total. The van der Waals surface area contributed by atoms with Gasteiger partial charge in [-0.3, -0.25) is 4.79 Å². The van der Waals surface area contributed by atoms with Crippen LogP contribution in [-0.2, 0) is 4.79 Å². The molecule has 0 aliphatic carbocycles. The highest BCUT2D eigenvalue weighted by atomic mass is 16.4. The summed E-state index contributed by atoms with van der Waals surface area (Å²) in [6.07, 6.45) is 3.84. The first-order valence-corrected chi connectivity index (χ1v) is 6.17. The van der Waals surface area contributed by atoms with Crippen LogP contribution in [0.25, 0.3) is 5.69 Å². The molecule has 1 aliphatic heterocycles. The molecule has 1 aliphatic rings. The Morgan fingerprint density at radius 2 is 2.05 bits per heavy atom. The van der Waals surface area contributed by atoms with Crippen molar-refractivity contribution in [3.8, 4) is 5.69 Å². The summed E-state index contributed by atoms with van der Waals surface area (Å²) >= 11 is 0. The van der Waals surface area contributed by atoms with Crippen molar-refractivity contribution in [1.82, 2.24) is 20.3 Å². The lowest BCUT2D eigenvalue weighted by molar-refractivity contribution is -0.141. The highest BCUT2D eigenvalue weighted by Gasteiger charge is 2.31. The van der Waals surface area contributed by atoms with Gasteiger partial charge < -0.3 is 10.4 Å². The average Bonchev–Trinajstić information content (AvgIpc) is 3.10. The Bertz CT molecular complexity index is 582. The van der Waals surface area contributed by atoms with Crippen molar-refractivity contribution in [2.75, 3.05) is 6.54 Å². The van der Waals surface area contributed by atoms with Crippen LogP contribution in [0.3, 0.4) is 0 Å². The number of rotatable bonds is 3. The molecule has 19 heavy (non-hydrogen) atoms. The van der Waals surface area contributed by atoms with E-state index in [4.69, 9.17) is 5.11 Å². The van der Waals surface area contributed by atoms with E-state index < -0.39 is 5.97 Å². The molecular weight excluding hydrogens is 244 g/mol. The Morgan fingerprint density at radius 1 is 1.32 bits per heavy atom. The summed E-state index contributed by atoms with van der Waals surface area (Å²) < 4.78 is 0. The fourth-order valence-electron chi connectivity index (χ4n) is 2.47. The molecule has 1 saturated heterocycles. The van der Waals surface area contributed by atoms with Crippen molar-refractivity contribution >= 4 is 5.97 Å². The van der Waals surface area contributed by atoms with Crippen LogP contribution in [0.2, 0.25) is 0 Å². The minimum atomic E-state index is -0.746. The number of hydrogen-bond acceptors (Lipinski definition) is 4. The SMILES string of the molecule is O=C(O)C1CNC(c2ccccc2-n2nccn2)C1. The quantitative estimate of drug-likeness (QED) is 0.858. The van der Waals surface area contributed by atoms with Gasteiger partial charge in [0.25, 0.3) is 0 Å². The predicted molar refractivity (Wildman–Crippen MR) is 67.8 cm³/mol. The topological polar surface area (TPSA) is 80.0 Å². The van der Waals surface area contributed by atoms with Gasteiger partial charge in [0.15, 0.2) is 0 Å². The van der Waals surface area contributed by atoms with Crippen molar-refractivity contribution in [1.29, 1.82) is 0 Å². The third-order valence-electron chi connectivity index (χ3n) is 3.43.